The quantitative estimate of drug-likeness (QED) is 0.308. The number of hydrogen-bond acceptors (Lipinski definition) is 4. The van der Waals surface area contributed by atoms with Crippen molar-refractivity contribution in [3.05, 3.63) is 29.1 Å². The molecule has 1 heterocycles. The normalized spacial score (nSPS) is 20.3. The van der Waals surface area contributed by atoms with Gasteiger partial charge in [0, 0.05) is 12.6 Å². The van der Waals surface area contributed by atoms with Crippen LogP contribution in [0.5, 0.6) is 5.75 Å². The molecule has 2 atom stereocenters. The summed E-state index contributed by atoms with van der Waals surface area (Å²) in [6.45, 7) is 5.67. The first-order valence-electron chi connectivity index (χ1n) is 9.10. The molecule has 30 heavy (non-hydrogen) atoms. The lowest BCUT2D eigenvalue weighted by Crippen LogP contribution is -2.54. The summed E-state index contributed by atoms with van der Waals surface area (Å²) in [5, 5.41) is 9.45. The predicted octanol–water partition coefficient (Wildman–Crippen LogP) is 4.29. The summed E-state index contributed by atoms with van der Waals surface area (Å²) in [5.74, 6) is -15.0. The summed E-state index contributed by atoms with van der Waals surface area (Å²) in [6, 6.07) is -0.534. The van der Waals surface area contributed by atoms with Gasteiger partial charge < -0.3 is 14.2 Å². The molecule has 0 aliphatic carbocycles. The number of rotatable bonds is 5. The number of nitrogens with zero attached hydrogens (tertiary/aromatic N) is 1. The van der Waals surface area contributed by atoms with Crippen LogP contribution in [-0.2, 0) is 10.1 Å². The van der Waals surface area contributed by atoms with Crippen molar-refractivity contribution in [3.63, 3.8) is 0 Å². The molecule has 12 heteroatoms. The summed E-state index contributed by atoms with van der Waals surface area (Å²) in [7, 11) is -4.73. The van der Waals surface area contributed by atoms with E-state index >= 15 is 0 Å². The number of amides is 1. The van der Waals surface area contributed by atoms with Gasteiger partial charge in [-0.3, -0.25) is 0 Å². The number of likely N-dealkylation sites (tertiary alicyclic amines) is 1. The van der Waals surface area contributed by atoms with Crippen LogP contribution >= 0.6 is 0 Å². The zero-order chi connectivity index (χ0) is 23.0. The summed E-state index contributed by atoms with van der Waals surface area (Å²) < 4.78 is 95.6. The minimum atomic E-state index is -4.73. The molecule has 0 aromatic heterocycles. The smallest absolute Gasteiger partial charge is 0.407 e. The Morgan fingerprint density at radius 3 is 2.03 bits per heavy atom. The Kier molecular flexibility index (Phi) is 6.89. The largest absolute Gasteiger partial charge is 0.465 e. The molecule has 1 amide bonds. The topological polar surface area (TPSA) is 83.9 Å². The average molecular weight is 459 g/mol. The van der Waals surface area contributed by atoms with E-state index in [2.05, 4.69) is 4.18 Å². The first-order valence-corrected chi connectivity index (χ1v) is 10.7. The molecule has 0 saturated carbocycles. The van der Waals surface area contributed by atoms with E-state index in [1.807, 2.05) is 0 Å². The molecule has 1 aromatic rings. The number of carbonyl (C=O) groups is 1. The van der Waals surface area contributed by atoms with Gasteiger partial charge in [-0.05, 0) is 30.6 Å². The van der Waals surface area contributed by atoms with E-state index in [0.717, 1.165) is 0 Å². The fraction of sp³-hybridized carbons (Fsp3) is 0.611. The maximum absolute atomic E-state index is 13.7. The fourth-order valence-electron chi connectivity index (χ4n) is 3.89. The van der Waals surface area contributed by atoms with Crippen LogP contribution in [-0.4, -0.2) is 42.9 Å². The first-order chi connectivity index (χ1) is 13.7. The second-order valence-corrected chi connectivity index (χ2v) is 9.91. The lowest BCUT2D eigenvalue weighted by molar-refractivity contribution is 0.0219. The first kappa shape index (κ1) is 24.2. The third-order valence-corrected chi connectivity index (χ3v) is 6.16. The Morgan fingerprint density at radius 2 is 1.57 bits per heavy atom. The van der Waals surface area contributed by atoms with E-state index in [-0.39, 0.29) is 13.0 Å². The molecule has 1 fully saturated rings. The van der Waals surface area contributed by atoms with Crippen molar-refractivity contribution in [3.8, 4) is 5.75 Å². The lowest BCUT2D eigenvalue weighted by Gasteiger charge is -2.46. The maximum atomic E-state index is 13.7. The highest BCUT2D eigenvalue weighted by atomic mass is 32.2. The zero-order valence-corrected chi connectivity index (χ0v) is 17.3. The molecule has 0 spiro atoms. The van der Waals surface area contributed by atoms with E-state index in [1.54, 1.807) is 20.8 Å². The average Bonchev–Trinajstić information content (AvgIpc) is 2.65. The molecule has 1 aliphatic heterocycles. The van der Waals surface area contributed by atoms with Gasteiger partial charge in [0.05, 0.1) is 5.75 Å². The van der Waals surface area contributed by atoms with Gasteiger partial charge in [0.25, 0.3) is 0 Å². The molecule has 1 saturated heterocycles. The maximum Gasteiger partial charge on any atom is 0.407 e. The molecule has 1 aliphatic rings. The fourth-order valence-corrected chi connectivity index (χ4v) is 4.96. The van der Waals surface area contributed by atoms with E-state index in [0.29, 0.717) is 12.8 Å². The van der Waals surface area contributed by atoms with Gasteiger partial charge in [-0.2, -0.15) is 17.2 Å². The van der Waals surface area contributed by atoms with E-state index in [4.69, 9.17) is 0 Å². The van der Waals surface area contributed by atoms with Gasteiger partial charge in [0.2, 0.25) is 34.8 Å². The monoisotopic (exact) mass is 459 g/mol. The van der Waals surface area contributed by atoms with Gasteiger partial charge in [-0.25, -0.2) is 18.0 Å². The standard InChI is InChI=1S/C18H22F5NO5S/c1-18(2,3)16-9(5-4-7-24(16)17(25)26)6-8-30(27,28)29-15-13(22)11(20)10(19)12(21)14(15)23/h9,16H,4-8H2,1-3H3,(H,25,26). The van der Waals surface area contributed by atoms with E-state index < -0.39 is 74.2 Å². The number of carboxylic acid groups (broad SMARTS) is 1. The van der Waals surface area contributed by atoms with Crippen molar-refractivity contribution in [2.75, 3.05) is 12.3 Å². The predicted molar refractivity (Wildman–Crippen MR) is 96.0 cm³/mol. The number of piperidine rings is 1. The lowest BCUT2D eigenvalue weighted by atomic mass is 9.73. The molecule has 1 N–H and O–H groups in total. The third kappa shape index (κ3) is 4.96. The molecular formula is C18H22F5NO5S. The summed E-state index contributed by atoms with van der Waals surface area (Å²) in [5.41, 5.74) is -0.532. The minimum absolute atomic E-state index is 0.122. The summed E-state index contributed by atoms with van der Waals surface area (Å²) >= 11 is 0. The third-order valence-electron chi connectivity index (χ3n) is 5.01. The van der Waals surface area contributed by atoms with Crippen molar-refractivity contribution >= 4 is 16.2 Å². The van der Waals surface area contributed by atoms with Gasteiger partial charge >= 0.3 is 16.2 Å². The van der Waals surface area contributed by atoms with E-state index in [1.165, 1.54) is 4.90 Å². The van der Waals surface area contributed by atoms with Crippen molar-refractivity contribution in [2.24, 2.45) is 11.3 Å². The molecule has 0 bridgehead atoms. The molecule has 1 aromatic carbocycles. The van der Waals surface area contributed by atoms with Crippen molar-refractivity contribution in [1.82, 2.24) is 4.90 Å². The zero-order valence-electron chi connectivity index (χ0n) is 16.5. The Bertz CT molecular complexity index is 903. The SMILES string of the molecule is CC(C)(C)C1C(CCS(=O)(=O)Oc2c(F)c(F)c(F)c(F)c2F)CCCN1C(=O)O. The van der Waals surface area contributed by atoms with Crippen molar-refractivity contribution in [1.29, 1.82) is 0 Å². The van der Waals surface area contributed by atoms with Crippen LogP contribution in [0.4, 0.5) is 26.7 Å². The van der Waals surface area contributed by atoms with Crippen LogP contribution in [0.2, 0.25) is 0 Å². The van der Waals surface area contributed by atoms with Crippen LogP contribution in [0, 0.1) is 40.4 Å². The molecule has 2 rings (SSSR count). The molecule has 2 unspecified atom stereocenters. The van der Waals surface area contributed by atoms with Gasteiger partial charge in [0.1, 0.15) is 0 Å². The molecule has 170 valence electrons. The Morgan fingerprint density at radius 1 is 1.07 bits per heavy atom. The summed E-state index contributed by atoms with van der Waals surface area (Å²) in [6.07, 6.45) is -0.282. The van der Waals surface area contributed by atoms with E-state index in [9.17, 15) is 40.3 Å². The highest BCUT2D eigenvalue weighted by Crippen LogP contribution is 2.38. The van der Waals surface area contributed by atoms with Crippen LogP contribution in [0.25, 0.3) is 0 Å². The highest BCUT2D eigenvalue weighted by molar-refractivity contribution is 7.87. The molecule has 0 radical (unpaired) electrons. The molecular weight excluding hydrogens is 437 g/mol. The second-order valence-electron chi connectivity index (χ2n) is 8.22. The van der Waals surface area contributed by atoms with Gasteiger partial charge in [0.15, 0.2) is 0 Å². The Hall–Kier alpha value is -2.11. The molecule has 6 nitrogen and oxygen atoms in total. The number of hydrogen-bond donors (Lipinski definition) is 1. The van der Waals surface area contributed by atoms with Gasteiger partial charge in [-0.15, -0.1) is 0 Å². The van der Waals surface area contributed by atoms with Crippen LogP contribution < -0.4 is 4.18 Å². The minimum Gasteiger partial charge on any atom is -0.465 e. The van der Waals surface area contributed by atoms with Crippen LogP contribution in [0.3, 0.4) is 0 Å². The van der Waals surface area contributed by atoms with Crippen molar-refractivity contribution < 1.29 is 44.5 Å². The number of halogens is 5. The Labute approximate surface area is 170 Å². The Balaban J connectivity index is 2.23. The highest BCUT2D eigenvalue weighted by Gasteiger charge is 2.42. The van der Waals surface area contributed by atoms with Gasteiger partial charge in [-0.1, -0.05) is 20.8 Å². The van der Waals surface area contributed by atoms with Crippen LogP contribution in [0.1, 0.15) is 40.0 Å². The second kappa shape index (κ2) is 8.56. The van der Waals surface area contributed by atoms with Crippen LogP contribution in [0.15, 0.2) is 0 Å². The van der Waals surface area contributed by atoms with Crippen molar-refractivity contribution in [2.45, 2.75) is 46.1 Å². The summed E-state index contributed by atoms with van der Waals surface area (Å²) in [4.78, 5) is 12.8. The number of benzene rings is 1.